The van der Waals surface area contributed by atoms with Crippen LogP contribution in [-0.2, 0) is 0 Å². The lowest BCUT2D eigenvalue weighted by molar-refractivity contribution is 0.225. The normalized spacial score (nSPS) is 29.4. The van der Waals surface area contributed by atoms with Crippen LogP contribution < -0.4 is 5.32 Å². The summed E-state index contributed by atoms with van der Waals surface area (Å²) in [7, 11) is 3.92. The molecule has 1 saturated heterocycles. The molecule has 0 amide bonds. The number of hydrogen-bond donors (Lipinski definition) is 1. The third-order valence-electron chi connectivity index (χ3n) is 2.09. The molecular weight excluding hydrogens is 124 g/mol. The molecule has 0 aromatic rings. The Kier molecular flexibility index (Phi) is 2.69. The first kappa shape index (κ1) is 8.02. The van der Waals surface area contributed by atoms with Crippen molar-refractivity contribution >= 4 is 0 Å². The van der Waals surface area contributed by atoms with Crippen molar-refractivity contribution in [3.8, 4) is 0 Å². The van der Waals surface area contributed by atoms with Crippen molar-refractivity contribution in [1.82, 2.24) is 10.2 Å². The molecule has 0 aromatic carbocycles. The van der Waals surface area contributed by atoms with E-state index in [9.17, 15) is 0 Å². The Balaban J connectivity index is 2.32. The highest BCUT2D eigenvalue weighted by molar-refractivity contribution is 4.79. The number of hydrogen-bond acceptors (Lipinski definition) is 2. The van der Waals surface area contributed by atoms with E-state index in [0.717, 1.165) is 25.6 Å². The number of nitrogens with zero attached hydrogens (tertiary/aromatic N) is 1. The molecule has 1 aliphatic rings. The SMILES string of the molecule is [CH2-]N1CCNC(C(C)C)C1. The van der Waals surface area contributed by atoms with E-state index >= 15 is 0 Å². The van der Waals surface area contributed by atoms with E-state index in [-0.39, 0.29) is 0 Å². The first-order chi connectivity index (χ1) is 4.70. The van der Waals surface area contributed by atoms with Gasteiger partial charge in [-0.2, -0.15) is 0 Å². The summed E-state index contributed by atoms with van der Waals surface area (Å²) in [6.45, 7) is 7.76. The molecule has 1 heterocycles. The molecule has 1 aliphatic heterocycles. The second-order valence-corrected chi connectivity index (χ2v) is 3.38. The van der Waals surface area contributed by atoms with Crippen molar-refractivity contribution in [3.63, 3.8) is 0 Å². The van der Waals surface area contributed by atoms with Gasteiger partial charge < -0.3 is 10.2 Å². The Bertz CT molecular complexity index is 101. The fourth-order valence-corrected chi connectivity index (χ4v) is 1.29. The molecule has 1 rings (SSSR count). The molecule has 2 nitrogen and oxygen atoms in total. The van der Waals surface area contributed by atoms with Gasteiger partial charge in [-0.1, -0.05) is 13.8 Å². The van der Waals surface area contributed by atoms with Crippen LogP contribution >= 0.6 is 0 Å². The van der Waals surface area contributed by atoms with Gasteiger partial charge >= 0.3 is 0 Å². The Morgan fingerprint density at radius 1 is 1.60 bits per heavy atom. The summed E-state index contributed by atoms with van der Waals surface area (Å²) >= 11 is 0. The van der Waals surface area contributed by atoms with E-state index in [1.54, 1.807) is 0 Å². The van der Waals surface area contributed by atoms with Crippen molar-refractivity contribution in [2.75, 3.05) is 19.6 Å². The molecule has 60 valence electrons. The minimum atomic E-state index is 0.645. The molecule has 0 bridgehead atoms. The van der Waals surface area contributed by atoms with Gasteiger partial charge in [-0.3, -0.25) is 7.05 Å². The second-order valence-electron chi connectivity index (χ2n) is 3.38. The van der Waals surface area contributed by atoms with Crippen molar-refractivity contribution in [2.45, 2.75) is 19.9 Å². The maximum Gasteiger partial charge on any atom is 0.0194 e. The van der Waals surface area contributed by atoms with Crippen LogP contribution in [0.25, 0.3) is 0 Å². The van der Waals surface area contributed by atoms with Gasteiger partial charge in [-0.15, -0.1) is 0 Å². The number of piperazine rings is 1. The first-order valence-corrected chi connectivity index (χ1v) is 3.99. The molecule has 0 aromatic heterocycles. The highest BCUT2D eigenvalue weighted by Gasteiger charge is 2.15. The van der Waals surface area contributed by atoms with Crippen LogP contribution in [0, 0.1) is 13.0 Å². The van der Waals surface area contributed by atoms with Crippen LogP contribution in [0.4, 0.5) is 0 Å². The summed E-state index contributed by atoms with van der Waals surface area (Å²) in [5.74, 6) is 0.726. The van der Waals surface area contributed by atoms with Gasteiger partial charge in [0.15, 0.2) is 0 Å². The predicted molar refractivity (Wildman–Crippen MR) is 43.6 cm³/mol. The van der Waals surface area contributed by atoms with Crippen LogP contribution in [-0.4, -0.2) is 30.6 Å². The van der Waals surface area contributed by atoms with Gasteiger partial charge in [0.1, 0.15) is 0 Å². The minimum Gasteiger partial charge on any atom is -0.457 e. The zero-order chi connectivity index (χ0) is 7.56. The summed E-state index contributed by atoms with van der Waals surface area (Å²) in [5, 5.41) is 3.47. The topological polar surface area (TPSA) is 15.3 Å². The smallest absolute Gasteiger partial charge is 0.0194 e. The standard InChI is InChI=1S/C8H17N2/c1-7(2)8-6-10(3)5-4-9-8/h7-9H,3-6H2,1-2H3/q-1. The van der Waals surface area contributed by atoms with Crippen LogP contribution in [0.2, 0.25) is 0 Å². The maximum absolute atomic E-state index is 3.92. The zero-order valence-corrected chi connectivity index (χ0v) is 6.93. The molecule has 0 radical (unpaired) electrons. The lowest BCUT2D eigenvalue weighted by Crippen LogP contribution is -2.50. The van der Waals surface area contributed by atoms with Crippen LogP contribution in [0.15, 0.2) is 0 Å². The van der Waals surface area contributed by atoms with Crippen molar-refractivity contribution in [2.24, 2.45) is 5.92 Å². The number of rotatable bonds is 1. The summed E-state index contributed by atoms with van der Waals surface area (Å²) in [6, 6.07) is 0.645. The van der Waals surface area contributed by atoms with Crippen LogP contribution in [0.3, 0.4) is 0 Å². The molecule has 2 heteroatoms. The lowest BCUT2D eigenvalue weighted by atomic mass is 10.0. The first-order valence-electron chi connectivity index (χ1n) is 3.99. The van der Waals surface area contributed by atoms with Gasteiger partial charge in [0, 0.05) is 12.6 Å². The van der Waals surface area contributed by atoms with Gasteiger partial charge in [0.25, 0.3) is 0 Å². The highest BCUT2D eigenvalue weighted by Crippen LogP contribution is 2.06. The van der Waals surface area contributed by atoms with E-state index in [4.69, 9.17) is 0 Å². The Morgan fingerprint density at radius 3 is 2.70 bits per heavy atom. The Morgan fingerprint density at radius 2 is 2.30 bits per heavy atom. The molecule has 0 saturated carbocycles. The predicted octanol–water partition coefficient (Wildman–Crippen LogP) is 0.708. The van der Waals surface area contributed by atoms with Crippen LogP contribution in [0.1, 0.15) is 13.8 Å². The summed E-state index contributed by atoms with van der Waals surface area (Å²) in [4.78, 5) is 2.14. The average molecular weight is 141 g/mol. The van der Waals surface area contributed by atoms with Gasteiger partial charge in [0.2, 0.25) is 0 Å². The monoisotopic (exact) mass is 141 g/mol. The molecule has 1 unspecified atom stereocenters. The molecule has 0 aliphatic carbocycles. The van der Waals surface area contributed by atoms with E-state index in [1.165, 1.54) is 0 Å². The van der Waals surface area contributed by atoms with Gasteiger partial charge in [-0.25, -0.2) is 0 Å². The third-order valence-corrected chi connectivity index (χ3v) is 2.09. The second kappa shape index (κ2) is 3.35. The van der Waals surface area contributed by atoms with Gasteiger partial charge in [0.05, 0.1) is 0 Å². The molecule has 1 N–H and O–H groups in total. The van der Waals surface area contributed by atoms with Crippen molar-refractivity contribution < 1.29 is 0 Å². The molecule has 1 atom stereocenters. The highest BCUT2D eigenvalue weighted by atomic mass is 15.2. The fraction of sp³-hybridized carbons (Fsp3) is 0.875. The Labute approximate surface area is 63.6 Å². The summed E-state index contributed by atoms with van der Waals surface area (Å²) in [5.41, 5.74) is 0. The lowest BCUT2D eigenvalue weighted by Gasteiger charge is -2.38. The summed E-state index contributed by atoms with van der Waals surface area (Å²) < 4.78 is 0. The van der Waals surface area contributed by atoms with E-state index in [0.29, 0.717) is 6.04 Å². The average Bonchev–Trinajstić information content (AvgIpc) is 1.88. The van der Waals surface area contributed by atoms with E-state index in [1.807, 2.05) is 0 Å². The van der Waals surface area contributed by atoms with Crippen LogP contribution in [0.5, 0.6) is 0 Å². The molecule has 1 fully saturated rings. The quantitative estimate of drug-likeness (QED) is 0.541. The van der Waals surface area contributed by atoms with Crippen molar-refractivity contribution in [3.05, 3.63) is 7.05 Å². The molecular formula is C8H17N2-. The summed E-state index contributed by atoms with van der Waals surface area (Å²) in [6.07, 6.45) is 0. The molecule has 0 spiro atoms. The zero-order valence-electron chi connectivity index (χ0n) is 6.93. The molecule has 10 heavy (non-hydrogen) atoms. The van der Waals surface area contributed by atoms with Crippen molar-refractivity contribution in [1.29, 1.82) is 0 Å². The van der Waals surface area contributed by atoms with Gasteiger partial charge in [-0.05, 0) is 19.0 Å². The van der Waals surface area contributed by atoms with E-state index in [2.05, 4.69) is 31.1 Å². The minimum absolute atomic E-state index is 0.645. The third kappa shape index (κ3) is 1.96. The largest absolute Gasteiger partial charge is 0.457 e. The Hall–Kier alpha value is -0.0800. The fourth-order valence-electron chi connectivity index (χ4n) is 1.29. The van der Waals surface area contributed by atoms with E-state index < -0.39 is 0 Å². The maximum atomic E-state index is 3.92. The number of nitrogens with one attached hydrogen (secondary N) is 1.